The first-order chi connectivity index (χ1) is 10.4. The minimum absolute atomic E-state index is 0.251. The van der Waals surface area contributed by atoms with E-state index in [1.807, 2.05) is 31.4 Å². The van der Waals surface area contributed by atoms with Crippen molar-refractivity contribution < 1.29 is 4.74 Å². The number of rotatable bonds is 3. The molecular weight excluding hydrogens is 260 g/mol. The van der Waals surface area contributed by atoms with E-state index in [4.69, 9.17) is 4.74 Å². The Bertz CT molecular complexity index is 579. The van der Waals surface area contributed by atoms with Crippen molar-refractivity contribution in [2.45, 2.75) is 50.7 Å². The topological polar surface area (TPSA) is 34.1 Å². The number of fused-ring (bicyclic) bond motifs is 1. The first-order valence-electron chi connectivity index (χ1n) is 8.06. The minimum Gasteiger partial charge on any atom is -0.488 e. The summed E-state index contributed by atoms with van der Waals surface area (Å²) < 4.78 is 6.41. The predicted octanol–water partition coefficient (Wildman–Crippen LogP) is 3.92. The van der Waals surface area contributed by atoms with Gasteiger partial charge in [0.1, 0.15) is 11.9 Å². The van der Waals surface area contributed by atoms with Crippen molar-refractivity contribution in [1.29, 1.82) is 0 Å². The first-order valence-corrected chi connectivity index (χ1v) is 8.06. The molecule has 0 saturated heterocycles. The zero-order valence-electron chi connectivity index (χ0n) is 12.7. The number of nitrogens with zero attached hydrogens (tertiary/aromatic N) is 1. The van der Waals surface area contributed by atoms with Gasteiger partial charge in [-0.2, -0.15) is 0 Å². The third-order valence-electron chi connectivity index (χ3n) is 4.46. The number of hydrogen-bond acceptors (Lipinski definition) is 3. The van der Waals surface area contributed by atoms with Gasteiger partial charge in [0.2, 0.25) is 0 Å². The van der Waals surface area contributed by atoms with Gasteiger partial charge in [-0.05, 0) is 50.6 Å². The minimum atomic E-state index is 0.251. The van der Waals surface area contributed by atoms with Crippen LogP contribution in [0.5, 0.6) is 5.75 Å². The van der Waals surface area contributed by atoms with Crippen molar-refractivity contribution in [1.82, 2.24) is 10.3 Å². The highest BCUT2D eigenvalue weighted by molar-refractivity contribution is 5.84. The highest BCUT2D eigenvalue weighted by Gasteiger charge is 2.23. The van der Waals surface area contributed by atoms with E-state index in [0.717, 1.165) is 23.1 Å². The fourth-order valence-corrected chi connectivity index (χ4v) is 3.26. The Morgan fingerprint density at radius 3 is 2.76 bits per heavy atom. The molecule has 21 heavy (non-hydrogen) atoms. The van der Waals surface area contributed by atoms with Gasteiger partial charge >= 0.3 is 0 Å². The third-order valence-corrected chi connectivity index (χ3v) is 4.46. The summed E-state index contributed by atoms with van der Waals surface area (Å²) in [6, 6.07) is 10.6. The van der Waals surface area contributed by atoms with Gasteiger partial charge in [-0.25, -0.2) is 0 Å². The maximum absolute atomic E-state index is 6.41. The number of ether oxygens (including phenoxy) is 1. The second-order valence-electron chi connectivity index (χ2n) is 5.87. The number of likely N-dealkylation sites (N-methyl/N-ethyl adjacent to an activating group) is 1. The summed E-state index contributed by atoms with van der Waals surface area (Å²) in [5.74, 6) is 0.964. The Morgan fingerprint density at radius 2 is 1.90 bits per heavy atom. The summed E-state index contributed by atoms with van der Waals surface area (Å²) in [6.45, 7) is 0. The molecule has 0 spiro atoms. The molecule has 0 bridgehead atoms. The van der Waals surface area contributed by atoms with E-state index in [0.29, 0.717) is 6.04 Å². The standard InChI is InChI=1S/C18H24N2O/c1-19-16-9-4-2-3-5-11-18(16)21-17-12-6-10-15-14(17)8-7-13-20-15/h6-8,10,12-13,16,18-19H,2-5,9,11H2,1H3. The quantitative estimate of drug-likeness (QED) is 0.927. The van der Waals surface area contributed by atoms with Crippen molar-refractivity contribution in [2.75, 3.05) is 7.05 Å². The van der Waals surface area contributed by atoms with Gasteiger partial charge in [0, 0.05) is 17.6 Å². The average molecular weight is 284 g/mol. The molecule has 0 aliphatic heterocycles. The summed E-state index contributed by atoms with van der Waals surface area (Å²) in [4.78, 5) is 4.41. The third kappa shape index (κ3) is 3.35. The molecule has 3 heteroatoms. The van der Waals surface area contributed by atoms with Crippen LogP contribution in [0.1, 0.15) is 38.5 Å². The van der Waals surface area contributed by atoms with Crippen LogP contribution in [0.3, 0.4) is 0 Å². The van der Waals surface area contributed by atoms with Gasteiger partial charge in [-0.15, -0.1) is 0 Å². The lowest BCUT2D eigenvalue weighted by Crippen LogP contribution is -2.41. The second kappa shape index (κ2) is 6.90. The van der Waals surface area contributed by atoms with Crippen molar-refractivity contribution in [2.24, 2.45) is 0 Å². The van der Waals surface area contributed by atoms with Gasteiger partial charge in [0.25, 0.3) is 0 Å². The molecule has 2 aromatic rings. The Balaban J connectivity index is 1.85. The highest BCUT2D eigenvalue weighted by atomic mass is 16.5. The summed E-state index contributed by atoms with van der Waals surface area (Å²) in [5, 5.41) is 4.56. The van der Waals surface area contributed by atoms with Crippen molar-refractivity contribution >= 4 is 10.9 Å². The molecule has 1 saturated carbocycles. The summed E-state index contributed by atoms with van der Waals surface area (Å²) in [6.07, 6.45) is 9.64. The number of nitrogens with one attached hydrogen (secondary N) is 1. The molecular formula is C18H24N2O. The fraction of sp³-hybridized carbons (Fsp3) is 0.500. The largest absolute Gasteiger partial charge is 0.488 e. The summed E-state index contributed by atoms with van der Waals surface area (Å²) in [7, 11) is 2.05. The molecule has 0 amide bonds. The van der Waals surface area contributed by atoms with E-state index in [2.05, 4.69) is 22.4 Å². The van der Waals surface area contributed by atoms with Crippen LogP contribution < -0.4 is 10.1 Å². The lowest BCUT2D eigenvalue weighted by Gasteiger charge is -2.30. The van der Waals surface area contributed by atoms with E-state index < -0.39 is 0 Å². The molecule has 1 aliphatic rings. The maximum atomic E-state index is 6.41. The Kier molecular flexibility index (Phi) is 4.71. The van der Waals surface area contributed by atoms with Gasteiger partial charge in [-0.1, -0.05) is 25.3 Å². The maximum Gasteiger partial charge on any atom is 0.129 e. The van der Waals surface area contributed by atoms with Crippen LogP contribution in [-0.4, -0.2) is 24.2 Å². The normalized spacial score (nSPS) is 23.5. The zero-order valence-corrected chi connectivity index (χ0v) is 12.7. The summed E-state index contributed by atoms with van der Waals surface area (Å²) in [5.41, 5.74) is 1.00. The smallest absolute Gasteiger partial charge is 0.129 e. The Labute approximate surface area is 126 Å². The van der Waals surface area contributed by atoms with E-state index in [1.54, 1.807) is 0 Å². The highest BCUT2D eigenvalue weighted by Crippen LogP contribution is 2.28. The van der Waals surface area contributed by atoms with Crippen LogP contribution in [0, 0.1) is 0 Å². The van der Waals surface area contributed by atoms with E-state index in [9.17, 15) is 0 Å². The molecule has 3 rings (SSSR count). The van der Waals surface area contributed by atoms with Gasteiger partial charge < -0.3 is 10.1 Å². The fourth-order valence-electron chi connectivity index (χ4n) is 3.26. The molecule has 3 nitrogen and oxygen atoms in total. The van der Waals surface area contributed by atoms with Crippen LogP contribution in [-0.2, 0) is 0 Å². The molecule has 2 atom stereocenters. The number of aromatic nitrogens is 1. The van der Waals surface area contributed by atoms with Gasteiger partial charge in [-0.3, -0.25) is 4.98 Å². The molecule has 112 valence electrons. The number of benzene rings is 1. The predicted molar refractivity (Wildman–Crippen MR) is 86.7 cm³/mol. The van der Waals surface area contributed by atoms with Gasteiger partial charge in [0.05, 0.1) is 5.52 Å². The van der Waals surface area contributed by atoms with Crippen LogP contribution in [0.15, 0.2) is 36.5 Å². The van der Waals surface area contributed by atoms with Gasteiger partial charge in [0.15, 0.2) is 0 Å². The van der Waals surface area contributed by atoms with E-state index in [1.165, 1.54) is 32.1 Å². The Morgan fingerprint density at radius 1 is 1.05 bits per heavy atom. The molecule has 1 N–H and O–H groups in total. The molecule has 1 heterocycles. The van der Waals surface area contributed by atoms with Crippen LogP contribution in [0.4, 0.5) is 0 Å². The molecule has 1 aliphatic carbocycles. The van der Waals surface area contributed by atoms with Crippen LogP contribution in [0.25, 0.3) is 10.9 Å². The SMILES string of the molecule is CNC1CCCCCCC1Oc1cccc2ncccc12. The summed E-state index contributed by atoms with van der Waals surface area (Å²) >= 11 is 0. The zero-order chi connectivity index (χ0) is 14.5. The average Bonchev–Trinajstić information content (AvgIpc) is 2.50. The lowest BCUT2D eigenvalue weighted by atomic mass is 9.94. The molecule has 2 unspecified atom stereocenters. The van der Waals surface area contributed by atoms with Crippen LogP contribution >= 0.6 is 0 Å². The number of pyridine rings is 1. The van der Waals surface area contributed by atoms with Crippen molar-refractivity contribution in [3.05, 3.63) is 36.5 Å². The number of hydrogen-bond donors (Lipinski definition) is 1. The van der Waals surface area contributed by atoms with E-state index in [-0.39, 0.29) is 6.10 Å². The molecule has 1 fully saturated rings. The lowest BCUT2D eigenvalue weighted by molar-refractivity contribution is 0.133. The second-order valence-corrected chi connectivity index (χ2v) is 5.87. The molecule has 0 radical (unpaired) electrons. The molecule has 1 aromatic carbocycles. The monoisotopic (exact) mass is 284 g/mol. The van der Waals surface area contributed by atoms with E-state index >= 15 is 0 Å². The van der Waals surface area contributed by atoms with Crippen LogP contribution in [0.2, 0.25) is 0 Å². The van der Waals surface area contributed by atoms with Crippen molar-refractivity contribution in [3.63, 3.8) is 0 Å². The first kappa shape index (κ1) is 14.3. The molecule has 1 aromatic heterocycles. The Hall–Kier alpha value is -1.61. The van der Waals surface area contributed by atoms with Crippen molar-refractivity contribution in [3.8, 4) is 5.75 Å².